The first-order chi connectivity index (χ1) is 17.1. The van der Waals surface area contributed by atoms with E-state index in [1.807, 2.05) is 30.5 Å². The van der Waals surface area contributed by atoms with E-state index in [1.165, 1.54) is 0 Å². The Labute approximate surface area is 220 Å². The lowest BCUT2D eigenvalue weighted by Crippen LogP contribution is -2.54. The maximum atomic E-state index is 14.0. The van der Waals surface area contributed by atoms with Crippen molar-refractivity contribution >= 4 is 35.7 Å². The third kappa shape index (κ3) is 9.52. The molecule has 0 spiro atoms. The maximum Gasteiger partial charge on any atom is 0.408 e. The molecule has 3 amide bonds. The second-order valence-corrected chi connectivity index (χ2v) is 11.2. The van der Waals surface area contributed by atoms with Gasteiger partial charge in [-0.2, -0.15) is 11.8 Å². The fraction of sp³-hybridized carbons (Fsp3) is 0.607. The first-order valence-corrected chi connectivity index (χ1v) is 14.3. The zero-order valence-corrected chi connectivity index (χ0v) is 23.3. The van der Waals surface area contributed by atoms with Crippen LogP contribution in [-0.2, 0) is 14.3 Å². The smallest absolute Gasteiger partial charge is 0.408 e. The summed E-state index contributed by atoms with van der Waals surface area (Å²) < 4.78 is 5.44. The number of amides is 3. The molecule has 2 rings (SSSR count). The number of thioether (sulfide) groups is 1. The molecule has 7 nitrogen and oxygen atoms in total. The summed E-state index contributed by atoms with van der Waals surface area (Å²) >= 11 is 1.60. The van der Waals surface area contributed by atoms with Crippen LogP contribution in [0.15, 0.2) is 30.8 Å². The molecule has 2 N–H and O–H groups in total. The van der Waals surface area contributed by atoms with Crippen LogP contribution in [-0.4, -0.2) is 59.0 Å². The summed E-state index contributed by atoms with van der Waals surface area (Å²) in [6.45, 7) is 11.9. The van der Waals surface area contributed by atoms with E-state index in [0.29, 0.717) is 18.7 Å². The summed E-state index contributed by atoms with van der Waals surface area (Å²) in [5.74, 6) is 0.230. The SMILES string of the molecule is C=Cc1cccc(C(C(=O)NCCCCC)N(C(=O)C(CCSC)NC(=O)OC(C)(C)C)C2CC2)c1. The summed E-state index contributed by atoms with van der Waals surface area (Å²) in [6.07, 6.45) is 8.12. The molecular weight excluding hydrogens is 474 g/mol. The van der Waals surface area contributed by atoms with Crippen LogP contribution in [0.1, 0.15) is 83.4 Å². The van der Waals surface area contributed by atoms with Crippen LogP contribution in [0, 0.1) is 0 Å². The van der Waals surface area contributed by atoms with Crippen molar-refractivity contribution in [2.75, 3.05) is 18.6 Å². The van der Waals surface area contributed by atoms with Crippen LogP contribution in [0.5, 0.6) is 0 Å². The minimum Gasteiger partial charge on any atom is -0.444 e. The number of unbranched alkanes of at least 4 members (excludes halogenated alkanes) is 2. The van der Waals surface area contributed by atoms with Crippen molar-refractivity contribution in [3.05, 3.63) is 42.0 Å². The van der Waals surface area contributed by atoms with Crippen LogP contribution in [0.25, 0.3) is 6.08 Å². The Morgan fingerprint density at radius 2 is 1.97 bits per heavy atom. The fourth-order valence-electron chi connectivity index (χ4n) is 3.97. The van der Waals surface area contributed by atoms with Gasteiger partial charge in [-0.1, -0.05) is 50.6 Å². The molecule has 200 valence electrons. The zero-order chi connectivity index (χ0) is 26.7. The van der Waals surface area contributed by atoms with E-state index in [-0.39, 0.29) is 17.9 Å². The number of carbonyl (C=O) groups is 3. The van der Waals surface area contributed by atoms with E-state index in [1.54, 1.807) is 43.5 Å². The number of hydrogen-bond donors (Lipinski definition) is 2. The van der Waals surface area contributed by atoms with Crippen molar-refractivity contribution in [2.45, 2.75) is 89.9 Å². The monoisotopic (exact) mass is 517 g/mol. The predicted molar refractivity (Wildman–Crippen MR) is 148 cm³/mol. The van der Waals surface area contributed by atoms with E-state index in [4.69, 9.17) is 4.74 Å². The lowest BCUT2D eigenvalue weighted by Gasteiger charge is -2.35. The summed E-state index contributed by atoms with van der Waals surface area (Å²) in [7, 11) is 0. The molecule has 1 aromatic carbocycles. The standard InChI is InChI=1S/C28H43N3O4S/c1-7-9-10-17-29-25(32)24(21-13-11-12-20(8-2)19-21)31(22-14-15-22)26(33)23(16-18-36-6)30-27(34)35-28(3,4)5/h8,11-13,19,22-24H,2,7,9-10,14-18H2,1,3-6H3,(H,29,32)(H,30,34). The highest BCUT2D eigenvalue weighted by atomic mass is 32.2. The average Bonchev–Trinajstić information content (AvgIpc) is 3.66. The molecular formula is C28H43N3O4S. The van der Waals surface area contributed by atoms with Gasteiger partial charge in [-0.25, -0.2) is 4.79 Å². The van der Waals surface area contributed by atoms with Gasteiger partial charge in [0.25, 0.3) is 0 Å². The number of ether oxygens (including phenoxy) is 1. The van der Waals surface area contributed by atoms with Gasteiger partial charge < -0.3 is 20.3 Å². The van der Waals surface area contributed by atoms with Crippen LogP contribution in [0.3, 0.4) is 0 Å². The topological polar surface area (TPSA) is 87.7 Å². The molecule has 2 atom stereocenters. The van der Waals surface area contributed by atoms with Crippen molar-refractivity contribution in [3.63, 3.8) is 0 Å². The van der Waals surface area contributed by atoms with E-state index < -0.39 is 23.8 Å². The molecule has 1 fully saturated rings. The predicted octanol–water partition coefficient (Wildman–Crippen LogP) is 5.31. The van der Waals surface area contributed by atoms with Crippen LogP contribution < -0.4 is 10.6 Å². The van der Waals surface area contributed by atoms with Crippen LogP contribution in [0.2, 0.25) is 0 Å². The largest absolute Gasteiger partial charge is 0.444 e. The van der Waals surface area contributed by atoms with E-state index >= 15 is 0 Å². The highest BCUT2D eigenvalue weighted by Crippen LogP contribution is 2.36. The van der Waals surface area contributed by atoms with Gasteiger partial charge >= 0.3 is 6.09 Å². The minimum atomic E-state index is -0.788. The van der Waals surface area contributed by atoms with Crippen molar-refractivity contribution in [1.82, 2.24) is 15.5 Å². The molecule has 1 aliphatic rings. The fourth-order valence-corrected chi connectivity index (χ4v) is 4.44. The normalized spacial score (nSPS) is 14.9. The number of rotatable bonds is 14. The Balaban J connectivity index is 2.39. The molecule has 0 radical (unpaired) electrons. The molecule has 1 saturated carbocycles. The lowest BCUT2D eigenvalue weighted by molar-refractivity contribution is -0.143. The maximum absolute atomic E-state index is 14.0. The van der Waals surface area contributed by atoms with Gasteiger partial charge in [-0.15, -0.1) is 0 Å². The minimum absolute atomic E-state index is 0.0477. The van der Waals surface area contributed by atoms with Gasteiger partial charge in [-0.3, -0.25) is 9.59 Å². The van der Waals surface area contributed by atoms with E-state index in [9.17, 15) is 14.4 Å². The van der Waals surface area contributed by atoms with Gasteiger partial charge in [0, 0.05) is 12.6 Å². The lowest BCUT2D eigenvalue weighted by atomic mass is 9.99. The Kier molecular flexibility index (Phi) is 11.8. The third-order valence-corrected chi connectivity index (χ3v) is 6.51. The molecule has 2 unspecified atom stereocenters. The Bertz CT molecular complexity index is 895. The number of nitrogens with one attached hydrogen (secondary N) is 2. The Morgan fingerprint density at radius 1 is 1.25 bits per heavy atom. The third-order valence-electron chi connectivity index (χ3n) is 5.86. The van der Waals surface area contributed by atoms with Gasteiger partial charge in [0.2, 0.25) is 11.8 Å². The second kappa shape index (κ2) is 14.3. The summed E-state index contributed by atoms with van der Waals surface area (Å²) in [6, 6.07) is 5.96. The first kappa shape index (κ1) is 29.7. The Morgan fingerprint density at radius 3 is 2.56 bits per heavy atom. The molecule has 0 bridgehead atoms. The molecule has 0 saturated heterocycles. The van der Waals surface area contributed by atoms with Crippen molar-refractivity contribution in [2.24, 2.45) is 0 Å². The van der Waals surface area contributed by atoms with Gasteiger partial charge in [-0.05, 0) is 75.7 Å². The van der Waals surface area contributed by atoms with Gasteiger partial charge in [0.1, 0.15) is 17.7 Å². The molecule has 0 heterocycles. The van der Waals surface area contributed by atoms with E-state index in [0.717, 1.165) is 43.2 Å². The molecule has 1 aliphatic carbocycles. The molecule has 0 aliphatic heterocycles. The van der Waals surface area contributed by atoms with Crippen molar-refractivity contribution in [1.29, 1.82) is 0 Å². The zero-order valence-electron chi connectivity index (χ0n) is 22.5. The molecule has 8 heteroatoms. The summed E-state index contributed by atoms with van der Waals surface area (Å²) in [5, 5.41) is 5.84. The van der Waals surface area contributed by atoms with Crippen molar-refractivity contribution in [3.8, 4) is 0 Å². The highest BCUT2D eigenvalue weighted by Gasteiger charge is 2.44. The summed E-state index contributed by atoms with van der Waals surface area (Å²) in [4.78, 5) is 41.9. The quantitative estimate of drug-likeness (QED) is 0.326. The van der Waals surface area contributed by atoms with Gasteiger partial charge in [0.05, 0.1) is 0 Å². The highest BCUT2D eigenvalue weighted by molar-refractivity contribution is 7.98. The van der Waals surface area contributed by atoms with Crippen molar-refractivity contribution < 1.29 is 19.1 Å². The molecule has 1 aromatic rings. The van der Waals surface area contributed by atoms with Gasteiger partial charge in [0.15, 0.2) is 0 Å². The number of alkyl carbamates (subject to hydrolysis) is 1. The van der Waals surface area contributed by atoms with Crippen LogP contribution >= 0.6 is 11.8 Å². The number of hydrogen-bond acceptors (Lipinski definition) is 5. The average molecular weight is 518 g/mol. The number of benzene rings is 1. The summed E-state index contributed by atoms with van der Waals surface area (Å²) in [5.41, 5.74) is 0.936. The second-order valence-electron chi connectivity index (χ2n) is 10.2. The van der Waals surface area contributed by atoms with Crippen LogP contribution in [0.4, 0.5) is 4.79 Å². The Hall–Kier alpha value is -2.48. The number of nitrogens with zero attached hydrogens (tertiary/aromatic N) is 1. The molecule has 36 heavy (non-hydrogen) atoms. The molecule has 0 aromatic heterocycles. The van der Waals surface area contributed by atoms with E-state index in [2.05, 4.69) is 24.1 Å². The number of carbonyl (C=O) groups excluding carboxylic acids is 3. The first-order valence-electron chi connectivity index (χ1n) is 12.9.